The molecule has 0 fully saturated rings. The smallest absolute Gasteiger partial charge is 0.338 e. The topological polar surface area (TPSA) is 88.4 Å². The van der Waals surface area contributed by atoms with E-state index < -0.39 is 12.0 Å². The Kier molecular flexibility index (Phi) is 9.40. The molecule has 0 aliphatic carbocycles. The van der Waals surface area contributed by atoms with E-state index in [9.17, 15) is 9.59 Å². The van der Waals surface area contributed by atoms with Gasteiger partial charge in [-0.2, -0.15) is 0 Å². The first-order valence-corrected chi connectivity index (χ1v) is 16.3. The molecule has 1 aliphatic rings. The molecule has 2 heterocycles. The van der Waals surface area contributed by atoms with Crippen molar-refractivity contribution in [1.82, 2.24) is 4.57 Å². The highest BCUT2D eigenvalue weighted by Crippen LogP contribution is 2.37. The highest BCUT2D eigenvalue weighted by molar-refractivity contribution is 7.07. The highest BCUT2D eigenvalue weighted by atomic mass is 35.5. The minimum absolute atomic E-state index is 0.164. The van der Waals surface area contributed by atoms with Gasteiger partial charge in [-0.3, -0.25) is 9.36 Å². The van der Waals surface area contributed by atoms with E-state index in [2.05, 4.69) is 0 Å². The molecule has 0 saturated heterocycles. The first kappa shape index (κ1) is 32.4. The lowest BCUT2D eigenvalue weighted by Crippen LogP contribution is -2.40. The molecule has 1 aromatic heterocycles. The second-order valence-corrected chi connectivity index (χ2v) is 12.5. The van der Waals surface area contributed by atoms with E-state index in [0.717, 1.165) is 21.9 Å². The monoisotopic (exact) mass is 688 g/mol. The summed E-state index contributed by atoms with van der Waals surface area (Å²) in [5, 5.41) is 2.97. The Labute approximate surface area is 284 Å². The van der Waals surface area contributed by atoms with E-state index in [1.807, 2.05) is 42.5 Å². The second-order valence-electron chi connectivity index (χ2n) is 10.6. The second kappa shape index (κ2) is 13.7. The third-order valence-corrected chi connectivity index (χ3v) is 9.41. The maximum absolute atomic E-state index is 14.3. The van der Waals surface area contributed by atoms with Crippen molar-refractivity contribution in [2.45, 2.75) is 26.5 Å². The van der Waals surface area contributed by atoms with E-state index >= 15 is 0 Å². The van der Waals surface area contributed by atoms with Crippen LogP contribution in [0.4, 0.5) is 0 Å². The van der Waals surface area contributed by atoms with Gasteiger partial charge in [0.15, 0.2) is 16.3 Å². The number of carbonyl (C=O) groups excluding carboxylic acids is 1. The average Bonchev–Trinajstić information content (AvgIpc) is 3.37. The number of aromatic nitrogens is 1. The van der Waals surface area contributed by atoms with Crippen LogP contribution in [0.25, 0.3) is 16.8 Å². The van der Waals surface area contributed by atoms with Crippen molar-refractivity contribution in [2.75, 3.05) is 20.8 Å². The van der Waals surface area contributed by atoms with Crippen LogP contribution in [0.1, 0.15) is 36.6 Å². The van der Waals surface area contributed by atoms with Crippen LogP contribution < -0.4 is 29.1 Å². The third-order valence-electron chi connectivity index (χ3n) is 7.84. The molecule has 0 unspecified atom stereocenters. The number of esters is 1. The van der Waals surface area contributed by atoms with Gasteiger partial charge in [0.25, 0.3) is 5.56 Å². The predicted molar refractivity (Wildman–Crippen MR) is 185 cm³/mol. The van der Waals surface area contributed by atoms with E-state index in [0.29, 0.717) is 47.9 Å². The van der Waals surface area contributed by atoms with Gasteiger partial charge in [-0.1, -0.05) is 77.0 Å². The van der Waals surface area contributed by atoms with Crippen molar-refractivity contribution in [2.24, 2.45) is 4.99 Å². The highest BCUT2D eigenvalue weighted by Gasteiger charge is 2.34. The fourth-order valence-corrected chi connectivity index (χ4v) is 7.10. The number of benzene rings is 4. The molecule has 0 saturated carbocycles. The third kappa shape index (κ3) is 6.26. The van der Waals surface area contributed by atoms with E-state index in [1.165, 1.54) is 23.0 Å². The molecule has 240 valence electrons. The molecule has 0 spiro atoms. The zero-order valence-corrected chi connectivity index (χ0v) is 28.3. The minimum Gasteiger partial charge on any atom is -0.496 e. The maximum Gasteiger partial charge on any atom is 0.338 e. The zero-order chi connectivity index (χ0) is 33.2. The van der Waals surface area contributed by atoms with Gasteiger partial charge in [-0.05, 0) is 66.6 Å². The van der Waals surface area contributed by atoms with Gasteiger partial charge >= 0.3 is 5.97 Å². The van der Waals surface area contributed by atoms with Crippen LogP contribution in [0.3, 0.4) is 0 Å². The summed E-state index contributed by atoms with van der Waals surface area (Å²) in [6, 6.07) is 21.4. The Bertz CT molecular complexity index is 2240. The molecule has 5 aromatic rings. The van der Waals surface area contributed by atoms with Crippen LogP contribution >= 0.6 is 34.5 Å². The first-order valence-electron chi connectivity index (χ1n) is 14.7. The summed E-state index contributed by atoms with van der Waals surface area (Å²) < 4.78 is 24.9. The number of allylic oxidation sites excluding steroid dienone is 1. The fraction of sp³-hybridized carbons (Fsp3) is 0.194. The van der Waals surface area contributed by atoms with Crippen molar-refractivity contribution >= 4 is 57.4 Å². The first-order chi connectivity index (χ1) is 22.7. The Morgan fingerprint density at radius 1 is 0.979 bits per heavy atom. The summed E-state index contributed by atoms with van der Waals surface area (Å²) in [5.74, 6) is 0.944. The van der Waals surface area contributed by atoms with Crippen LogP contribution in [-0.4, -0.2) is 31.4 Å². The Hall–Kier alpha value is -4.57. The average molecular weight is 690 g/mol. The maximum atomic E-state index is 14.3. The standard InChI is InChI=1S/C36H30Cl2N2O6S/c1-5-45-35(42)32-20(2)39-36-40(34(41)31(47-36)18-26-25-9-7-6-8-21(25)11-14-28(26)43-3)33(32)22-12-15-29(30(16-22)44-4)46-19-23-10-13-24(37)17-27(23)38/h6-18,33H,5,19H2,1-4H3/b31-18+/t33-/m1/s1. The summed E-state index contributed by atoms with van der Waals surface area (Å²) in [6.45, 7) is 3.81. The molecule has 0 N–H and O–H groups in total. The van der Waals surface area contributed by atoms with Crippen LogP contribution in [0, 0.1) is 0 Å². The number of hydrogen-bond donors (Lipinski definition) is 0. The summed E-state index contributed by atoms with van der Waals surface area (Å²) in [7, 11) is 3.13. The van der Waals surface area contributed by atoms with Gasteiger partial charge in [0.1, 0.15) is 12.4 Å². The van der Waals surface area contributed by atoms with Crippen LogP contribution in [0.15, 0.2) is 93.9 Å². The number of hydrogen-bond acceptors (Lipinski definition) is 8. The van der Waals surface area contributed by atoms with Crippen LogP contribution in [-0.2, 0) is 16.1 Å². The largest absolute Gasteiger partial charge is 0.496 e. The summed E-state index contributed by atoms with van der Waals surface area (Å²) in [4.78, 5) is 32.9. The van der Waals surface area contributed by atoms with Crippen molar-refractivity contribution in [3.8, 4) is 17.2 Å². The normalized spacial score (nSPS) is 14.5. The molecule has 8 nitrogen and oxygen atoms in total. The van der Waals surface area contributed by atoms with Gasteiger partial charge in [0.2, 0.25) is 0 Å². The molecule has 0 amide bonds. The molecule has 1 atom stereocenters. The van der Waals surface area contributed by atoms with Gasteiger partial charge in [0, 0.05) is 21.2 Å². The Morgan fingerprint density at radius 3 is 2.49 bits per heavy atom. The van der Waals surface area contributed by atoms with Crippen molar-refractivity contribution < 1.29 is 23.7 Å². The van der Waals surface area contributed by atoms with Crippen molar-refractivity contribution in [3.63, 3.8) is 0 Å². The summed E-state index contributed by atoms with van der Waals surface area (Å²) in [5.41, 5.74) is 2.56. The molecular weight excluding hydrogens is 659 g/mol. The number of halogens is 2. The van der Waals surface area contributed by atoms with Gasteiger partial charge in [-0.25, -0.2) is 9.79 Å². The number of thiazole rings is 1. The molecule has 6 rings (SSSR count). The van der Waals surface area contributed by atoms with Gasteiger partial charge < -0.3 is 18.9 Å². The number of fused-ring (bicyclic) bond motifs is 2. The minimum atomic E-state index is -0.837. The number of rotatable bonds is 9. The molecule has 0 radical (unpaired) electrons. The van der Waals surface area contributed by atoms with Crippen LogP contribution in [0.5, 0.6) is 17.2 Å². The SMILES string of the molecule is CCOC(=O)C1=C(C)N=c2s/c(=C/c3c(OC)ccc4ccccc34)c(=O)n2[C@@H]1c1ccc(OCc2ccc(Cl)cc2Cl)c(OC)c1. The molecule has 0 bridgehead atoms. The zero-order valence-electron chi connectivity index (χ0n) is 26.0. The van der Waals surface area contributed by atoms with E-state index in [-0.39, 0.29) is 24.3 Å². The fourth-order valence-electron chi connectivity index (χ4n) is 5.61. The lowest BCUT2D eigenvalue weighted by Gasteiger charge is -2.25. The van der Waals surface area contributed by atoms with E-state index in [4.69, 9.17) is 47.1 Å². The Balaban J connectivity index is 1.48. The predicted octanol–water partition coefficient (Wildman–Crippen LogP) is 6.85. The number of ether oxygens (including phenoxy) is 4. The lowest BCUT2D eigenvalue weighted by atomic mass is 9.95. The van der Waals surface area contributed by atoms with E-state index in [1.54, 1.807) is 57.4 Å². The number of methoxy groups -OCH3 is 2. The van der Waals surface area contributed by atoms with Crippen molar-refractivity contribution in [1.29, 1.82) is 0 Å². The lowest BCUT2D eigenvalue weighted by molar-refractivity contribution is -0.139. The van der Waals surface area contributed by atoms with Crippen molar-refractivity contribution in [3.05, 3.63) is 130 Å². The van der Waals surface area contributed by atoms with Gasteiger partial charge in [-0.15, -0.1) is 0 Å². The molecular formula is C36H30Cl2N2O6S. The Morgan fingerprint density at radius 2 is 1.74 bits per heavy atom. The summed E-state index contributed by atoms with van der Waals surface area (Å²) in [6.07, 6.45) is 1.82. The molecule has 4 aromatic carbocycles. The molecule has 11 heteroatoms. The number of nitrogens with zero attached hydrogens (tertiary/aromatic N) is 2. The molecule has 1 aliphatic heterocycles. The van der Waals surface area contributed by atoms with Crippen LogP contribution in [0.2, 0.25) is 10.0 Å². The quantitative estimate of drug-likeness (QED) is 0.157. The molecule has 47 heavy (non-hydrogen) atoms. The van der Waals surface area contributed by atoms with Gasteiger partial charge in [0.05, 0.1) is 42.7 Å². The summed E-state index contributed by atoms with van der Waals surface area (Å²) >= 11 is 13.6. The number of carbonyl (C=O) groups is 1.